The van der Waals surface area contributed by atoms with Gasteiger partial charge in [0, 0.05) is 31.9 Å². The molecule has 2 aromatic rings. The van der Waals surface area contributed by atoms with Crippen molar-refractivity contribution >= 4 is 17.3 Å². The molecule has 1 aromatic carbocycles. The molecular weight excluding hydrogens is 258 g/mol. The molecule has 0 amide bonds. The molecule has 0 radical (unpaired) electrons. The summed E-state index contributed by atoms with van der Waals surface area (Å²) in [5.74, 6) is 0. The van der Waals surface area contributed by atoms with Gasteiger partial charge in [-0.05, 0) is 24.3 Å². The number of hydrogen-bond acceptors (Lipinski definition) is 3. The molecule has 2 rings (SSSR count). The van der Waals surface area contributed by atoms with E-state index >= 15 is 0 Å². The second kappa shape index (κ2) is 6.21. The highest BCUT2D eigenvalue weighted by Crippen LogP contribution is 2.25. The molecular formula is C15H14ClN3. The van der Waals surface area contributed by atoms with Gasteiger partial charge in [-0.2, -0.15) is 5.26 Å². The molecule has 0 saturated heterocycles. The van der Waals surface area contributed by atoms with Crippen LogP contribution in [0.25, 0.3) is 0 Å². The summed E-state index contributed by atoms with van der Waals surface area (Å²) in [5.41, 5.74) is 2.41. The summed E-state index contributed by atoms with van der Waals surface area (Å²) in [6.07, 6.45) is 2.62. The minimum absolute atomic E-state index is 0.490. The maximum Gasteiger partial charge on any atom is 0.103 e. The molecule has 4 heteroatoms. The second-order valence-corrected chi connectivity index (χ2v) is 4.65. The lowest BCUT2D eigenvalue weighted by molar-refractivity contribution is 0.851. The average Bonchev–Trinajstić information content (AvgIpc) is 2.45. The Hall–Kier alpha value is -2.05. The standard InChI is InChI=1S/C15H14ClN3/c1-19(10-8-12-5-2-3-9-18-12)15-7-4-6-14(16)13(15)11-17/h2-7,9H,8,10H2,1H3. The van der Waals surface area contributed by atoms with Crippen molar-refractivity contribution in [1.29, 1.82) is 5.26 Å². The average molecular weight is 272 g/mol. The predicted octanol–water partition coefficient (Wildman–Crippen LogP) is 3.29. The summed E-state index contributed by atoms with van der Waals surface area (Å²) in [7, 11) is 1.95. The Balaban J connectivity index is 2.11. The molecule has 0 N–H and O–H groups in total. The Bertz CT molecular complexity index is 590. The Morgan fingerprint density at radius 3 is 2.79 bits per heavy atom. The van der Waals surface area contributed by atoms with Gasteiger partial charge in [0.25, 0.3) is 0 Å². The number of anilines is 1. The van der Waals surface area contributed by atoms with Gasteiger partial charge in [-0.25, -0.2) is 0 Å². The molecule has 0 aliphatic carbocycles. The number of hydrogen-bond donors (Lipinski definition) is 0. The van der Waals surface area contributed by atoms with Gasteiger partial charge in [-0.15, -0.1) is 0 Å². The molecule has 0 unspecified atom stereocenters. The van der Waals surface area contributed by atoms with Crippen LogP contribution in [0.4, 0.5) is 5.69 Å². The number of benzene rings is 1. The summed E-state index contributed by atoms with van der Waals surface area (Å²) in [5, 5.41) is 9.65. The van der Waals surface area contributed by atoms with Crippen LogP contribution in [0.15, 0.2) is 42.6 Å². The zero-order chi connectivity index (χ0) is 13.7. The van der Waals surface area contributed by atoms with Gasteiger partial charge in [-0.1, -0.05) is 23.7 Å². The lowest BCUT2D eigenvalue weighted by Crippen LogP contribution is -2.21. The van der Waals surface area contributed by atoms with Crippen LogP contribution in [-0.2, 0) is 6.42 Å². The topological polar surface area (TPSA) is 39.9 Å². The molecule has 1 aromatic heterocycles. The smallest absolute Gasteiger partial charge is 0.103 e. The van der Waals surface area contributed by atoms with E-state index in [4.69, 9.17) is 16.9 Å². The molecule has 1 heterocycles. The quantitative estimate of drug-likeness (QED) is 0.857. The van der Waals surface area contributed by atoms with Crippen molar-refractivity contribution in [2.45, 2.75) is 6.42 Å². The van der Waals surface area contributed by atoms with E-state index in [0.29, 0.717) is 10.6 Å². The Morgan fingerprint density at radius 2 is 2.11 bits per heavy atom. The monoisotopic (exact) mass is 271 g/mol. The van der Waals surface area contributed by atoms with Crippen LogP contribution in [0.3, 0.4) is 0 Å². The van der Waals surface area contributed by atoms with Crippen molar-refractivity contribution in [2.75, 3.05) is 18.5 Å². The Kier molecular flexibility index (Phi) is 4.38. The molecule has 0 aliphatic rings. The van der Waals surface area contributed by atoms with Crippen LogP contribution >= 0.6 is 11.6 Å². The van der Waals surface area contributed by atoms with Gasteiger partial charge < -0.3 is 4.90 Å². The first-order valence-corrected chi connectivity index (χ1v) is 6.40. The van der Waals surface area contributed by atoms with Crippen LogP contribution in [0.2, 0.25) is 5.02 Å². The van der Waals surface area contributed by atoms with E-state index in [-0.39, 0.29) is 0 Å². The van der Waals surface area contributed by atoms with Gasteiger partial charge in [-0.3, -0.25) is 4.98 Å². The Labute approximate surface area is 118 Å². The van der Waals surface area contributed by atoms with E-state index in [1.807, 2.05) is 42.3 Å². The predicted molar refractivity (Wildman–Crippen MR) is 77.4 cm³/mol. The highest BCUT2D eigenvalue weighted by molar-refractivity contribution is 6.32. The number of halogens is 1. The maximum absolute atomic E-state index is 9.16. The van der Waals surface area contributed by atoms with Crippen LogP contribution in [-0.4, -0.2) is 18.6 Å². The van der Waals surface area contributed by atoms with Crippen molar-refractivity contribution in [3.05, 3.63) is 58.9 Å². The van der Waals surface area contributed by atoms with E-state index in [1.165, 1.54) is 0 Å². The second-order valence-electron chi connectivity index (χ2n) is 4.24. The zero-order valence-corrected chi connectivity index (χ0v) is 11.4. The molecule has 0 spiro atoms. The van der Waals surface area contributed by atoms with Crippen LogP contribution in [0.5, 0.6) is 0 Å². The van der Waals surface area contributed by atoms with Crippen LogP contribution < -0.4 is 4.90 Å². The maximum atomic E-state index is 9.16. The third-order valence-electron chi connectivity index (χ3n) is 2.94. The minimum Gasteiger partial charge on any atom is -0.373 e. The fourth-order valence-electron chi connectivity index (χ4n) is 1.89. The molecule has 96 valence electrons. The third kappa shape index (κ3) is 3.24. The fourth-order valence-corrected chi connectivity index (χ4v) is 2.10. The normalized spacial score (nSPS) is 9.95. The van der Waals surface area contributed by atoms with Gasteiger partial charge >= 0.3 is 0 Å². The fraction of sp³-hybridized carbons (Fsp3) is 0.200. The largest absolute Gasteiger partial charge is 0.373 e. The lowest BCUT2D eigenvalue weighted by Gasteiger charge is -2.20. The summed E-state index contributed by atoms with van der Waals surface area (Å²) in [6.45, 7) is 0.784. The molecule has 0 aliphatic heterocycles. The van der Waals surface area contributed by atoms with Crippen LogP contribution in [0.1, 0.15) is 11.3 Å². The zero-order valence-electron chi connectivity index (χ0n) is 10.7. The minimum atomic E-state index is 0.490. The van der Waals surface area contributed by atoms with Crippen molar-refractivity contribution in [2.24, 2.45) is 0 Å². The number of likely N-dealkylation sites (N-methyl/N-ethyl adjacent to an activating group) is 1. The van der Waals surface area contributed by atoms with Crippen molar-refractivity contribution < 1.29 is 0 Å². The van der Waals surface area contributed by atoms with E-state index in [0.717, 1.165) is 24.3 Å². The van der Waals surface area contributed by atoms with Crippen molar-refractivity contribution in [3.8, 4) is 6.07 Å². The van der Waals surface area contributed by atoms with Crippen molar-refractivity contribution in [3.63, 3.8) is 0 Å². The van der Waals surface area contributed by atoms with Crippen molar-refractivity contribution in [1.82, 2.24) is 4.98 Å². The lowest BCUT2D eigenvalue weighted by atomic mass is 10.1. The van der Waals surface area contributed by atoms with Gasteiger partial charge in [0.2, 0.25) is 0 Å². The van der Waals surface area contributed by atoms with E-state index < -0.39 is 0 Å². The number of nitrogens with zero attached hydrogens (tertiary/aromatic N) is 3. The summed E-state index contributed by atoms with van der Waals surface area (Å²) < 4.78 is 0. The molecule has 19 heavy (non-hydrogen) atoms. The highest BCUT2D eigenvalue weighted by atomic mass is 35.5. The number of pyridine rings is 1. The van der Waals surface area contributed by atoms with E-state index in [9.17, 15) is 0 Å². The molecule has 3 nitrogen and oxygen atoms in total. The van der Waals surface area contributed by atoms with Gasteiger partial charge in [0.15, 0.2) is 0 Å². The molecule has 0 bridgehead atoms. The first kappa shape index (κ1) is 13.4. The number of rotatable bonds is 4. The summed E-state index contributed by atoms with van der Waals surface area (Å²) >= 11 is 6.03. The third-order valence-corrected chi connectivity index (χ3v) is 3.26. The van der Waals surface area contributed by atoms with E-state index in [2.05, 4.69) is 11.1 Å². The van der Waals surface area contributed by atoms with Gasteiger partial charge in [0.1, 0.15) is 6.07 Å². The summed E-state index contributed by atoms with van der Waals surface area (Å²) in [6, 6.07) is 13.5. The first-order chi connectivity index (χ1) is 9.22. The first-order valence-electron chi connectivity index (χ1n) is 6.02. The Morgan fingerprint density at radius 1 is 1.26 bits per heavy atom. The molecule has 0 fully saturated rings. The summed E-state index contributed by atoms with van der Waals surface area (Å²) in [4.78, 5) is 6.31. The number of nitriles is 1. The van der Waals surface area contributed by atoms with E-state index in [1.54, 1.807) is 12.3 Å². The molecule has 0 saturated carbocycles. The SMILES string of the molecule is CN(CCc1ccccn1)c1cccc(Cl)c1C#N. The van der Waals surface area contributed by atoms with Gasteiger partial charge in [0.05, 0.1) is 16.3 Å². The number of aromatic nitrogens is 1. The highest BCUT2D eigenvalue weighted by Gasteiger charge is 2.10. The van der Waals surface area contributed by atoms with Crippen LogP contribution in [0, 0.1) is 11.3 Å². The molecule has 0 atom stereocenters.